The second-order valence-corrected chi connectivity index (χ2v) is 5.35. The Kier molecular flexibility index (Phi) is 4.22. The van der Waals surface area contributed by atoms with Gasteiger partial charge in [-0.1, -0.05) is 38.1 Å². The number of hydrogen-bond donors (Lipinski definition) is 1. The first-order valence-electron chi connectivity index (χ1n) is 7.09. The fourth-order valence-electron chi connectivity index (χ4n) is 2.49. The van der Waals surface area contributed by atoms with Gasteiger partial charge in [-0.3, -0.25) is 0 Å². The van der Waals surface area contributed by atoms with Crippen molar-refractivity contribution in [1.82, 2.24) is 5.32 Å². The van der Waals surface area contributed by atoms with Crippen LogP contribution in [0.1, 0.15) is 57.2 Å². The van der Waals surface area contributed by atoms with Gasteiger partial charge < -0.3 is 5.32 Å². The highest BCUT2D eigenvalue weighted by atomic mass is 15.0. The van der Waals surface area contributed by atoms with E-state index in [-0.39, 0.29) is 0 Å². The van der Waals surface area contributed by atoms with E-state index in [4.69, 9.17) is 0 Å². The van der Waals surface area contributed by atoms with Crippen LogP contribution in [0.3, 0.4) is 0 Å². The summed E-state index contributed by atoms with van der Waals surface area (Å²) in [5, 5.41) is 3.78. The zero-order valence-corrected chi connectivity index (χ0v) is 11.4. The van der Waals surface area contributed by atoms with Crippen LogP contribution in [-0.4, -0.2) is 6.04 Å². The molecule has 1 heteroatoms. The maximum absolute atomic E-state index is 3.78. The zero-order valence-electron chi connectivity index (χ0n) is 11.4. The molecule has 2 rings (SSSR count). The molecular formula is C16H25N. The summed E-state index contributed by atoms with van der Waals surface area (Å²) in [4.78, 5) is 0. The van der Waals surface area contributed by atoms with E-state index < -0.39 is 0 Å². The predicted octanol–water partition coefficient (Wildman–Crippen LogP) is 4.09. The van der Waals surface area contributed by atoms with Gasteiger partial charge in [-0.15, -0.1) is 0 Å². The van der Waals surface area contributed by atoms with Crippen LogP contribution >= 0.6 is 0 Å². The molecular weight excluding hydrogens is 206 g/mol. The van der Waals surface area contributed by atoms with Gasteiger partial charge in [0.2, 0.25) is 0 Å². The van der Waals surface area contributed by atoms with E-state index in [0.29, 0.717) is 12.1 Å². The third kappa shape index (κ3) is 3.32. The molecule has 1 N–H and O–H groups in total. The van der Waals surface area contributed by atoms with Crippen LogP contribution in [-0.2, 0) is 6.42 Å². The van der Waals surface area contributed by atoms with Crippen molar-refractivity contribution in [2.24, 2.45) is 5.92 Å². The first-order valence-corrected chi connectivity index (χ1v) is 7.09. The summed E-state index contributed by atoms with van der Waals surface area (Å²) < 4.78 is 0. The van der Waals surface area contributed by atoms with Crippen LogP contribution in [0.4, 0.5) is 0 Å². The summed E-state index contributed by atoms with van der Waals surface area (Å²) in [5.41, 5.74) is 2.87. The van der Waals surface area contributed by atoms with E-state index in [1.165, 1.54) is 30.4 Å². The molecule has 0 amide bonds. The summed E-state index contributed by atoms with van der Waals surface area (Å²) in [6, 6.07) is 10.3. The number of benzene rings is 1. The maximum Gasteiger partial charge on any atom is 0.0320 e. The van der Waals surface area contributed by atoms with Gasteiger partial charge in [0, 0.05) is 12.1 Å². The molecule has 1 saturated carbocycles. The highest BCUT2D eigenvalue weighted by molar-refractivity contribution is 5.25. The van der Waals surface area contributed by atoms with Gasteiger partial charge >= 0.3 is 0 Å². The van der Waals surface area contributed by atoms with Crippen LogP contribution < -0.4 is 5.32 Å². The van der Waals surface area contributed by atoms with E-state index >= 15 is 0 Å². The lowest BCUT2D eigenvalue weighted by Crippen LogP contribution is -2.31. The summed E-state index contributed by atoms with van der Waals surface area (Å²) in [6.45, 7) is 6.81. The molecule has 1 fully saturated rings. The van der Waals surface area contributed by atoms with Crippen LogP contribution in [0.15, 0.2) is 24.3 Å². The lowest BCUT2D eigenvalue weighted by Gasteiger charge is -2.22. The normalized spacial score (nSPS) is 19.0. The van der Waals surface area contributed by atoms with Gasteiger partial charge in [-0.25, -0.2) is 0 Å². The molecule has 2 unspecified atom stereocenters. The van der Waals surface area contributed by atoms with Crippen molar-refractivity contribution in [2.75, 3.05) is 0 Å². The molecule has 0 radical (unpaired) electrons. The van der Waals surface area contributed by atoms with Gasteiger partial charge in [0.25, 0.3) is 0 Å². The Balaban J connectivity index is 2.00. The third-order valence-electron chi connectivity index (χ3n) is 3.99. The Labute approximate surface area is 106 Å². The second kappa shape index (κ2) is 5.68. The molecule has 1 aliphatic carbocycles. The molecule has 0 aliphatic heterocycles. The van der Waals surface area contributed by atoms with Gasteiger partial charge in [0.15, 0.2) is 0 Å². The fourth-order valence-corrected chi connectivity index (χ4v) is 2.49. The highest BCUT2D eigenvalue weighted by Gasteiger charge is 2.29. The summed E-state index contributed by atoms with van der Waals surface area (Å²) in [5.74, 6) is 0.930. The van der Waals surface area contributed by atoms with Crippen molar-refractivity contribution in [2.45, 2.75) is 58.5 Å². The van der Waals surface area contributed by atoms with Crippen molar-refractivity contribution in [3.05, 3.63) is 35.4 Å². The van der Waals surface area contributed by atoms with E-state index in [9.17, 15) is 0 Å². The lowest BCUT2D eigenvalue weighted by atomic mass is 10.0. The first-order chi connectivity index (χ1) is 8.24. The van der Waals surface area contributed by atoms with Crippen molar-refractivity contribution >= 4 is 0 Å². The van der Waals surface area contributed by atoms with Gasteiger partial charge in [-0.05, 0) is 49.7 Å². The average molecular weight is 231 g/mol. The van der Waals surface area contributed by atoms with E-state index in [1.807, 2.05) is 0 Å². The maximum atomic E-state index is 3.78. The Bertz CT molecular complexity index is 337. The van der Waals surface area contributed by atoms with Crippen LogP contribution in [0, 0.1) is 5.92 Å². The fraction of sp³-hybridized carbons (Fsp3) is 0.625. The van der Waals surface area contributed by atoms with Crippen LogP contribution in [0.5, 0.6) is 0 Å². The van der Waals surface area contributed by atoms with Crippen molar-refractivity contribution in [1.29, 1.82) is 0 Å². The highest BCUT2D eigenvalue weighted by Crippen LogP contribution is 2.33. The minimum atomic E-state index is 0.525. The molecule has 0 bridgehead atoms. The molecule has 1 nitrogen and oxygen atoms in total. The summed E-state index contributed by atoms with van der Waals surface area (Å²) >= 11 is 0. The largest absolute Gasteiger partial charge is 0.307 e. The molecule has 1 aromatic carbocycles. The van der Waals surface area contributed by atoms with E-state index in [2.05, 4.69) is 50.4 Å². The number of rotatable bonds is 6. The van der Waals surface area contributed by atoms with Crippen molar-refractivity contribution in [3.8, 4) is 0 Å². The molecule has 1 aromatic rings. The zero-order chi connectivity index (χ0) is 12.3. The second-order valence-electron chi connectivity index (χ2n) is 5.35. The minimum absolute atomic E-state index is 0.525. The Morgan fingerprint density at radius 1 is 1.18 bits per heavy atom. The van der Waals surface area contributed by atoms with E-state index in [0.717, 1.165) is 12.3 Å². The summed E-state index contributed by atoms with van der Waals surface area (Å²) in [6.07, 6.45) is 5.13. The summed E-state index contributed by atoms with van der Waals surface area (Å²) in [7, 11) is 0. The van der Waals surface area contributed by atoms with Crippen LogP contribution in [0.25, 0.3) is 0 Å². The van der Waals surface area contributed by atoms with Gasteiger partial charge in [-0.2, -0.15) is 0 Å². The Morgan fingerprint density at radius 2 is 1.82 bits per heavy atom. The van der Waals surface area contributed by atoms with E-state index in [1.54, 1.807) is 0 Å². The Hall–Kier alpha value is -0.820. The predicted molar refractivity (Wildman–Crippen MR) is 74.2 cm³/mol. The number of nitrogens with one attached hydrogen (secondary N) is 1. The monoisotopic (exact) mass is 231 g/mol. The van der Waals surface area contributed by atoms with Crippen molar-refractivity contribution in [3.63, 3.8) is 0 Å². The molecule has 0 saturated heterocycles. The quantitative estimate of drug-likeness (QED) is 0.777. The molecule has 0 aromatic heterocycles. The topological polar surface area (TPSA) is 12.0 Å². The van der Waals surface area contributed by atoms with Crippen LogP contribution in [0.2, 0.25) is 0 Å². The lowest BCUT2D eigenvalue weighted by molar-refractivity contribution is 0.414. The SMILES string of the molecule is CCc1ccc(C(CC)NC(C)C2CC2)cc1. The molecule has 94 valence electrons. The number of hydrogen-bond acceptors (Lipinski definition) is 1. The Morgan fingerprint density at radius 3 is 2.29 bits per heavy atom. The molecule has 0 spiro atoms. The standard InChI is InChI=1S/C16H25N/c1-4-13-6-8-15(9-7-13)16(5-2)17-12(3)14-10-11-14/h6-9,12,14,16-17H,4-5,10-11H2,1-3H3. The molecule has 0 heterocycles. The van der Waals surface area contributed by atoms with Gasteiger partial charge in [0.1, 0.15) is 0 Å². The number of aryl methyl sites for hydroxylation is 1. The molecule has 1 aliphatic rings. The molecule has 2 atom stereocenters. The average Bonchev–Trinajstić information content (AvgIpc) is 3.20. The van der Waals surface area contributed by atoms with Crippen molar-refractivity contribution < 1.29 is 0 Å². The van der Waals surface area contributed by atoms with Gasteiger partial charge in [0.05, 0.1) is 0 Å². The smallest absolute Gasteiger partial charge is 0.0320 e. The minimum Gasteiger partial charge on any atom is -0.307 e. The molecule has 17 heavy (non-hydrogen) atoms. The first kappa shape index (κ1) is 12.6. The third-order valence-corrected chi connectivity index (χ3v) is 3.99.